The third kappa shape index (κ3) is 3.07. The number of rotatable bonds is 3. The number of alkyl halides is 4. The van der Waals surface area contributed by atoms with Gasteiger partial charge in [-0.25, -0.2) is 0 Å². The quantitative estimate of drug-likeness (QED) is 0.358. The van der Waals surface area contributed by atoms with Crippen LogP contribution >= 0.6 is 22.6 Å². The van der Waals surface area contributed by atoms with E-state index in [2.05, 4.69) is 10.2 Å². The summed E-state index contributed by atoms with van der Waals surface area (Å²) in [5.41, 5.74) is 1.98. The molecule has 0 saturated carbocycles. The molecule has 23 heavy (non-hydrogen) atoms. The van der Waals surface area contributed by atoms with Gasteiger partial charge in [-0.1, -0.05) is 46.9 Å². The van der Waals surface area contributed by atoms with Crippen LogP contribution in [0.25, 0.3) is 16.8 Å². The van der Waals surface area contributed by atoms with Gasteiger partial charge in [-0.2, -0.15) is 13.2 Å². The van der Waals surface area contributed by atoms with Crippen LogP contribution in [0.4, 0.5) is 13.2 Å². The smallest absolute Gasteiger partial charge is 0.293 e. The number of Topliss-reactive ketones (excluding diaryl/α,β-unsaturated/α-hetero) is 1. The van der Waals surface area contributed by atoms with Crippen LogP contribution < -0.4 is 0 Å². The standard InChI is InChI=1S/C15H9F3IN3O/c16-15(17,18)14-21-20-13-6-5-11(8-22(13)14)9-1-3-10(4-2-9)12(23)7-19/h1-6,8H,7H2. The minimum absolute atomic E-state index is 0.00534. The molecule has 0 atom stereocenters. The van der Waals surface area contributed by atoms with Gasteiger partial charge in [0.15, 0.2) is 11.4 Å². The predicted molar refractivity (Wildman–Crippen MR) is 86.6 cm³/mol. The highest BCUT2D eigenvalue weighted by Gasteiger charge is 2.36. The van der Waals surface area contributed by atoms with Crippen molar-refractivity contribution in [3.63, 3.8) is 0 Å². The summed E-state index contributed by atoms with van der Waals surface area (Å²) in [5.74, 6) is -1.06. The lowest BCUT2D eigenvalue weighted by molar-refractivity contribution is -0.145. The SMILES string of the molecule is O=C(CI)c1ccc(-c2ccc3nnc(C(F)(F)F)n3c2)cc1. The monoisotopic (exact) mass is 431 g/mol. The summed E-state index contributed by atoms with van der Waals surface area (Å²) in [4.78, 5) is 11.6. The van der Waals surface area contributed by atoms with Crippen LogP contribution in [0.5, 0.6) is 0 Å². The minimum atomic E-state index is -4.57. The number of pyridine rings is 1. The molecule has 0 radical (unpaired) electrons. The van der Waals surface area contributed by atoms with Crippen molar-refractivity contribution >= 4 is 34.0 Å². The van der Waals surface area contributed by atoms with Gasteiger partial charge in [0, 0.05) is 11.8 Å². The Balaban J connectivity index is 2.05. The van der Waals surface area contributed by atoms with Gasteiger partial charge < -0.3 is 0 Å². The van der Waals surface area contributed by atoms with E-state index in [0.717, 1.165) is 4.40 Å². The first-order valence-electron chi connectivity index (χ1n) is 6.52. The second-order valence-electron chi connectivity index (χ2n) is 4.80. The molecule has 4 nitrogen and oxygen atoms in total. The van der Waals surface area contributed by atoms with Gasteiger partial charge in [0.2, 0.25) is 5.82 Å². The fourth-order valence-corrected chi connectivity index (χ4v) is 2.62. The van der Waals surface area contributed by atoms with E-state index in [9.17, 15) is 18.0 Å². The van der Waals surface area contributed by atoms with Gasteiger partial charge in [-0.3, -0.25) is 9.20 Å². The number of aromatic nitrogens is 3. The number of halogens is 4. The molecule has 0 spiro atoms. The molecule has 8 heteroatoms. The van der Waals surface area contributed by atoms with Crippen LogP contribution in [0, 0.1) is 0 Å². The minimum Gasteiger partial charge on any atom is -0.293 e. The van der Waals surface area contributed by atoms with E-state index in [0.29, 0.717) is 21.1 Å². The number of fused-ring (bicyclic) bond motifs is 1. The Labute approximate surface area is 142 Å². The molecule has 0 aliphatic carbocycles. The van der Waals surface area contributed by atoms with Crippen LogP contribution in [-0.2, 0) is 6.18 Å². The Morgan fingerprint density at radius 2 is 1.70 bits per heavy atom. The Morgan fingerprint density at radius 1 is 1.04 bits per heavy atom. The average molecular weight is 431 g/mol. The first-order chi connectivity index (χ1) is 10.9. The van der Waals surface area contributed by atoms with Crippen molar-refractivity contribution in [2.75, 3.05) is 4.43 Å². The maximum atomic E-state index is 12.9. The van der Waals surface area contributed by atoms with Crippen LogP contribution in [0.3, 0.4) is 0 Å². The highest BCUT2D eigenvalue weighted by molar-refractivity contribution is 14.1. The summed E-state index contributed by atoms with van der Waals surface area (Å²) >= 11 is 1.98. The average Bonchev–Trinajstić information content (AvgIpc) is 2.97. The van der Waals surface area contributed by atoms with E-state index in [4.69, 9.17) is 0 Å². The predicted octanol–water partition coefficient (Wildman–Crippen LogP) is 4.03. The van der Waals surface area contributed by atoms with Crippen molar-refractivity contribution in [1.29, 1.82) is 0 Å². The Bertz CT molecular complexity index is 872. The number of benzene rings is 1. The van der Waals surface area contributed by atoms with E-state index in [1.807, 2.05) is 22.6 Å². The number of carbonyl (C=O) groups excluding carboxylic acids is 1. The molecule has 0 bridgehead atoms. The molecule has 0 saturated heterocycles. The van der Waals surface area contributed by atoms with Gasteiger partial charge in [0.1, 0.15) is 0 Å². The van der Waals surface area contributed by atoms with Gasteiger partial charge in [0.05, 0.1) is 4.43 Å². The van der Waals surface area contributed by atoms with Gasteiger partial charge in [-0.15, -0.1) is 10.2 Å². The Hall–Kier alpha value is -1.97. The fourth-order valence-electron chi connectivity index (χ4n) is 2.18. The summed E-state index contributed by atoms with van der Waals surface area (Å²) in [7, 11) is 0. The molecule has 3 rings (SSSR count). The van der Waals surface area contributed by atoms with Crippen molar-refractivity contribution in [2.45, 2.75) is 6.18 Å². The van der Waals surface area contributed by atoms with Crippen LogP contribution in [0.1, 0.15) is 16.2 Å². The molecule has 0 fully saturated rings. The lowest BCUT2D eigenvalue weighted by Gasteiger charge is -2.07. The summed E-state index contributed by atoms with van der Waals surface area (Å²) < 4.78 is 40.0. The first-order valence-corrected chi connectivity index (χ1v) is 8.04. The highest BCUT2D eigenvalue weighted by atomic mass is 127. The van der Waals surface area contributed by atoms with Crippen LogP contribution in [0.2, 0.25) is 0 Å². The molecule has 3 aromatic rings. The molecule has 0 N–H and O–H groups in total. The van der Waals surface area contributed by atoms with Crippen molar-refractivity contribution in [2.24, 2.45) is 0 Å². The van der Waals surface area contributed by atoms with E-state index < -0.39 is 12.0 Å². The molecule has 0 amide bonds. The molecular formula is C15H9F3IN3O. The maximum Gasteiger partial charge on any atom is 0.452 e. The number of ketones is 1. The molecule has 1 aromatic carbocycles. The third-order valence-electron chi connectivity index (χ3n) is 3.32. The largest absolute Gasteiger partial charge is 0.452 e. The van der Waals surface area contributed by atoms with E-state index in [-0.39, 0.29) is 11.4 Å². The molecule has 2 aromatic heterocycles. The van der Waals surface area contributed by atoms with Gasteiger partial charge in [-0.05, 0) is 23.3 Å². The van der Waals surface area contributed by atoms with E-state index >= 15 is 0 Å². The normalized spacial score (nSPS) is 11.8. The zero-order chi connectivity index (χ0) is 16.6. The van der Waals surface area contributed by atoms with Gasteiger partial charge in [0.25, 0.3) is 0 Å². The van der Waals surface area contributed by atoms with E-state index in [1.165, 1.54) is 12.3 Å². The number of hydrogen-bond acceptors (Lipinski definition) is 3. The molecule has 2 heterocycles. The van der Waals surface area contributed by atoms with Crippen molar-refractivity contribution in [1.82, 2.24) is 14.6 Å². The summed E-state index contributed by atoms with van der Waals surface area (Å²) in [5, 5.41) is 6.71. The van der Waals surface area contributed by atoms with Crippen molar-refractivity contribution in [3.8, 4) is 11.1 Å². The molecule has 0 aliphatic heterocycles. The lowest BCUT2D eigenvalue weighted by atomic mass is 10.0. The fraction of sp³-hybridized carbons (Fsp3) is 0.133. The second kappa shape index (κ2) is 5.91. The zero-order valence-corrected chi connectivity index (χ0v) is 13.7. The molecule has 0 aliphatic rings. The summed E-state index contributed by atoms with van der Waals surface area (Å²) in [6, 6.07) is 9.88. The lowest BCUT2D eigenvalue weighted by Crippen LogP contribution is -2.10. The molecule has 118 valence electrons. The maximum absolute atomic E-state index is 12.9. The topological polar surface area (TPSA) is 47.3 Å². The van der Waals surface area contributed by atoms with Crippen molar-refractivity contribution < 1.29 is 18.0 Å². The van der Waals surface area contributed by atoms with Crippen LogP contribution in [-0.4, -0.2) is 24.8 Å². The third-order valence-corrected chi connectivity index (χ3v) is 4.01. The summed E-state index contributed by atoms with van der Waals surface area (Å²) in [6.07, 6.45) is -3.23. The summed E-state index contributed by atoms with van der Waals surface area (Å²) in [6.45, 7) is 0. The number of hydrogen-bond donors (Lipinski definition) is 0. The zero-order valence-electron chi connectivity index (χ0n) is 11.5. The van der Waals surface area contributed by atoms with Crippen LogP contribution in [0.15, 0.2) is 42.6 Å². The Morgan fingerprint density at radius 3 is 2.30 bits per heavy atom. The van der Waals surface area contributed by atoms with Gasteiger partial charge >= 0.3 is 6.18 Å². The Kier molecular flexibility index (Phi) is 4.09. The number of carbonyl (C=O) groups is 1. The second-order valence-corrected chi connectivity index (χ2v) is 5.56. The van der Waals surface area contributed by atoms with Crippen molar-refractivity contribution in [3.05, 3.63) is 54.0 Å². The molecular weight excluding hydrogens is 422 g/mol. The first kappa shape index (κ1) is 15.9. The van der Waals surface area contributed by atoms with E-state index in [1.54, 1.807) is 30.3 Å². The molecule has 0 unspecified atom stereocenters. The highest BCUT2D eigenvalue weighted by Crippen LogP contribution is 2.29. The number of nitrogens with zero attached hydrogens (tertiary/aromatic N) is 3.